The number of amides is 1. The Morgan fingerprint density at radius 1 is 1.29 bits per heavy atom. The zero-order chi connectivity index (χ0) is 15.2. The molecule has 1 fully saturated rings. The average molecular weight is 288 g/mol. The number of para-hydroxylation sites is 1. The van der Waals surface area contributed by atoms with Crippen molar-refractivity contribution in [1.29, 1.82) is 0 Å². The summed E-state index contributed by atoms with van der Waals surface area (Å²) in [6.07, 6.45) is 5.35. The largest absolute Gasteiger partial charge is 0.384 e. The summed E-state index contributed by atoms with van der Waals surface area (Å²) < 4.78 is 0. The van der Waals surface area contributed by atoms with Crippen LogP contribution in [0.4, 0.5) is 5.69 Å². The summed E-state index contributed by atoms with van der Waals surface area (Å²) in [6.45, 7) is 7.22. The van der Waals surface area contributed by atoms with Gasteiger partial charge in [-0.1, -0.05) is 44.9 Å². The highest BCUT2D eigenvalue weighted by Crippen LogP contribution is 2.27. The van der Waals surface area contributed by atoms with Gasteiger partial charge in [-0.25, -0.2) is 0 Å². The molecule has 21 heavy (non-hydrogen) atoms. The lowest BCUT2D eigenvalue weighted by molar-refractivity contribution is -0.121. The number of nitrogens with one attached hydrogen (secondary N) is 2. The van der Waals surface area contributed by atoms with E-state index in [0.29, 0.717) is 24.9 Å². The molecule has 2 rings (SSSR count). The molecule has 1 aromatic carbocycles. The van der Waals surface area contributed by atoms with Gasteiger partial charge in [0.15, 0.2) is 0 Å². The van der Waals surface area contributed by atoms with Crippen LogP contribution in [0, 0.1) is 6.92 Å². The molecule has 0 aromatic heterocycles. The molecular formula is C18H28N2O. The lowest BCUT2D eigenvalue weighted by Gasteiger charge is -2.17. The highest BCUT2D eigenvalue weighted by molar-refractivity contribution is 5.77. The van der Waals surface area contributed by atoms with Crippen molar-refractivity contribution < 1.29 is 4.79 Å². The summed E-state index contributed by atoms with van der Waals surface area (Å²) in [6, 6.07) is 6.80. The normalized spacial score (nSPS) is 15.4. The summed E-state index contributed by atoms with van der Waals surface area (Å²) >= 11 is 0. The maximum absolute atomic E-state index is 11.9. The minimum absolute atomic E-state index is 0.175. The first-order valence-corrected chi connectivity index (χ1v) is 8.20. The quantitative estimate of drug-likeness (QED) is 0.831. The van der Waals surface area contributed by atoms with Crippen molar-refractivity contribution in [2.24, 2.45) is 0 Å². The first kappa shape index (κ1) is 15.9. The minimum Gasteiger partial charge on any atom is -0.384 e. The number of hydrogen-bond donors (Lipinski definition) is 2. The third-order valence-corrected chi connectivity index (χ3v) is 4.30. The Hall–Kier alpha value is -1.51. The van der Waals surface area contributed by atoms with Crippen molar-refractivity contribution in [1.82, 2.24) is 5.32 Å². The molecule has 0 atom stereocenters. The van der Waals surface area contributed by atoms with Gasteiger partial charge in [0.25, 0.3) is 0 Å². The molecule has 1 aliphatic rings. The molecule has 0 unspecified atom stereocenters. The number of rotatable bonds is 6. The van der Waals surface area contributed by atoms with E-state index >= 15 is 0 Å². The van der Waals surface area contributed by atoms with Crippen molar-refractivity contribution in [2.75, 3.05) is 11.9 Å². The van der Waals surface area contributed by atoms with E-state index in [4.69, 9.17) is 0 Å². The van der Waals surface area contributed by atoms with Crippen LogP contribution in [-0.4, -0.2) is 18.5 Å². The summed E-state index contributed by atoms with van der Waals surface area (Å²) in [5.74, 6) is 0.661. The maximum Gasteiger partial charge on any atom is 0.221 e. The molecule has 0 saturated heterocycles. The second-order valence-corrected chi connectivity index (χ2v) is 6.42. The van der Waals surface area contributed by atoms with Crippen LogP contribution in [0.5, 0.6) is 0 Å². The van der Waals surface area contributed by atoms with Gasteiger partial charge in [-0.15, -0.1) is 0 Å². The standard InChI is InChI=1S/C18H28N2O/c1-13(2)16-10-6-7-14(3)18(16)19-12-11-17(21)20-15-8-4-5-9-15/h6-7,10,13,15,19H,4-5,8-9,11-12H2,1-3H3,(H,20,21). The Kier molecular flexibility index (Phi) is 5.66. The lowest BCUT2D eigenvalue weighted by Crippen LogP contribution is -2.33. The van der Waals surface area contributed by atoms with E-state index in [2.05, 4.69) is 49.6 Å². The molecule has 0 aliphatic heterocycles. The molecular weight excluding hydrogens is 260 g/mol. The second-order valence-electron chi connectivity index (χ2n) is 6.42. The van der Waals surface area contributed by atoms with E-state index in [1.807, 2.05) is 0 Å². The number of anilines is 1. The van der Waals surface area contributed by atoms with E-state index in [1.54, 1.807) is 0 Å². The molecule has 3 nitrogen and oxygen atoms in total. The SMILES string of the molecule is Cc1cccc(C(C)C)c1NCCC(=O)NC1CCCC1. The first-order chi connectivity index (χ1) is 10.1. The number of carbonyl (C=O) groups excluding carboxylic acids is 1. The molecule has 0 heterocycles. The molecule has 2 N–H and O–H groups in total. The van der Waals surface area contributed by atoms with Gasteiger partial charge in [-0.3, -0.25) is 4.79 Å². The van der Waals surface area contributed by atoms with Crippen molar-refractivity contribution in [3.05, 3.63) is 29.3 Å². The minimum atomic E-state index is 0.175. The molecule has 1 aromatic rings. The molecule has 0 bridgehead atoms. The third kappa shape index (κ3) is 4.48. The van der Waals surface area contributed by atoms with Gasteiger partial charge in [0, 0.05) is 24.7 Å². The van der Waals surface area contributed by atoms with E-state index in [0.717, 1.165) is 12.8 Å². The van der Waals surface area contributed by atoms with Crippen molar-refractivity contribution in [3.63, 3.8) is 0 Å². The third-order valence-electron chi connectivity index (χ3n) is 4.30. The van der Waals surface area contributed by atoms with Crippen molar-refractivity contribution in [2.45, 2.75) is 64.8 Å². The van der Waals surface area contributed by atoms with Gasteiger partial charge in [0.1, 0.15) is 0 Å². The van der Waals surface area contributed by atoms with E-state index in [-0.39, 0.29) is 5.91 Å². The predicted octanol–water partition coefficient (Wildman–Crippen LogP) is 3.98. The Balaban J connectivity index is 1.84. The second kappa shape index (κ2) is 7.48. The Bertz CT molecular complexity index is 476. The van der Waals surface area contributed by atoms with Gasteiger partial charge in [-0.2, -0.15) is 0 Å². The van der Waals surface area contributed by atoms with Crippen LogP contribution in [0.1, 0.15) is 63.0 Å². The van der Waals surface area contributed by atoms with E-state index < -0.39 is 0 Å². The summed E-state index contributed by atoms with van der Waals surface area (Å²) in [5, 5.41) is 6.60. The van der Waals surface area contributed by atoms with Gasteiger partial charge in [0.05, 0.1) is 0 Å². The lowest BCUT2D eigenvalue weighted by atomic mass is 9.98. The fourth-order valence-electron chi connectivity index (χ4n) is 3.08. The van der Waals surface area contributed by atoms with Gasteiger partial charge in [0.2, 0.25) is 5.91 Å². The fraction of sp³-hybridized carbons (Fsp3) is 0.611. The van der Waals surface area contributed by atoms with Crippen LogP contribution in [0.2, 0.25) is 0 Å². The number of benzene rings is 1. The first-order valence-electron chi connectivity index (χ1n) is 8.20. The van der Waals surface area contributed by atoms with Gasteiger partial charge < -0.3 is 10.6 Å². The zero-order valence-corrected chi connectivity index (χ0v) is 13.5. The average Bonchev–Trinajstić information content (AvgIpc) is 2.93. The van der Waals surface area contributed by atoms with E-state index in [1.165, 1.54) is 29.7 Å². The van der Waals surface area contributed by atoms with Crippen molar-refractivity contribution in [3.8, 4) is 0 Å². The number of hydrogen-bond acceptors (Lipinski definition) is 2. The molecule has 1 aliphatic carbocycles. The van der Waals surface area contributed by atoms with Crippen LogP contribution < -0.4 is 10.6 Å². The van der Waals surface area contributed by atoms with Crippen LogP contribution >= 0.6 is 0 Å². The summed E-state index contributed by atoms with van der Waals surface area (Å²) in [7, 11) is 0. The Labute approximate surface area is 128 Å². The Morgan fingerprint density at radius 2 is 2.00 bits per heavy atom. The van der Waals surface area contributed by atoms with Crippen molar-refractivity contribution >= 4 is 11.6 Å². The Morgan fingerprint density at radius 3 is 2.67 bits per heavy atom. The molecule has 3 heteroatoms. The summed E-state index contributed by atoms with van der Waals surface area (Å²) in [5.41, 5.74) is 3.77. The number of carbonyl (C=O) groups is 1. The maximum atomic E-state index is 11.9. The van der Waals surface area contributed by atoms with Crippen LogP contribution in [0.25, 0.3) is 0 Å². The zero-order valence-electron chi connectivity index (χ0n) is 13.5. The molecule has 1 saturated carbocycles. The molecule has 0 radical (unpaired) electrons. The smallest absolute Gasteiger partial charge is 0.221 e. The molecule has 0 spiro atoms. The van der Waals surface area contributed by atoms with E-state index in [9.17, 15) is 4.79 Å². The predicted molar refractivity (Wildman–Crippen MR) is 88.8 cm³/mol. The van der Waals surface area contributed by atoms with Gasteiger partial charge >= 0.3 is 0 Å². The molecule has 1 amide bonds. The number of aryl methyl sites for hydroxylation is 1. The van der Waals surface area contributed by atoms with Gasteiger partial charge in [-0.05, 0) is 36.8 Å². The van der Waals surface area contributed by atoms with Crippen LogP contribution in [-0.2, 0) is 4.79 Å². The highest BCUT2D eigenvalue weighted by atomic mass is 16.1. The topological polar surface area (TPSA) is 41.1 Å². The molecule has 116 valence electrons. The summed E-state index contributed by atoms with van der Waals surface area (Å²) in [4.78, 5) is 11.9. The fourth-order valence-corrected chi connectivity index (χ4v) is 3.08. The van der Waals surface area contributed by atoms with Crippen LogP contribution in [0.3, 0.4) is 0 Å². The monoisotopic (exact) mass is 288 g/mol. The van der Waals surface area contributed by atoms with Crippen LogP contribution in [0.15, 0.2) is 18.2 Å². The highest BCUT2D eigenvalue weighted by Gasteiger charge is 2.16.